The van der Waals surface area contributed by atoms with Gasteiger partial charge in [0.25, 0.3) is 0 Å². The van der Waals surface area contributed by atoms with Gasteiger partial charge in [-0.3, -0.25) is 4.79 Å². The lowest BCUT2D eigenvalue weighted by Crippen LogP contribution is -2.24. The minimum atomic E-state index is 0.0899. The summed E-state index contributed by atoms with van der Waals surface area (Å²) in [5, 5.41) is 0. The molecule has 5 heteroatoms. The smallest absolute Gasteiger partial charge is 0.227 e. The summed E-state index contributed by atoms with van der Waals surface area (Å²) >= 11 is 0. The van der Waals surface area contributed by atoms with Gasteiger partial charge in [0.05, 0.1) is 17.6 Å². The number of nitrogens with zero attached hydrogens (tertiary/aromatic N) is 3. The molecule has 1 aliphatic rings. The Morgan fingerprint density at radius 2 is 2.04 bits per heavy atom. The highest BCUT2D eigenvalue weighted by Crippen LogP contribution is 2.33. The summed E-state index contributed by atoms with van der Waals surface area (Å²) in [6.45, 7) is 6.81. The van der Waals surface area contributed by atoms with Gasteiger partial charge in [-0.2, -0.15) is 0 Å². The molecule has 27 heavy (non-hydrogen) atoms. The molecule has 2 aromatic carbocycles. The summed E-state index contributed by atoms with van der Waals surface area (Å²) in [6.07, 6.45) is 0.492. The van der Waals surface area contributed by atoms with Crippen LogP contribution in [0.4, 0.5) is 5.69 Å². The van der Waals surface area contributed by atoms with E-state index in [-0.39, 0.29) is 11.8 Å². The molecule has 1 saturated heterocycles. The van der Waals surface area contributed by atoms with Crippen LogP contribution in [0.1, 0.15) is 30.7 Å². The van der Waals surface area contributed by atoms with E-state index in [4.69, 9.17) is 9.72 Å². The summed E-state index contributed by atoms with van der Waals surface area (Å²) in [4.78, 5) is 19.5. The molecule has 0 spiro atoms. The van der Waals surface area contributed by atoms with Crippen molar-refractivity contribution >= 4 is 22.6 Å². The fourth-order valence-electron chi connectivity index (χ4n) is 3.87. The first kappa shape index (κ1) is 17.7. The maximum absolute atomic E-state index is 12.7. The molecule has 1 aromatic heterocycles. The predicted octanol–water partition coefficient (Wildman–Crippen LogP) is 3.90. The van der Waals surface area contributed by atoms with Gasteiger partial charge in [-0.15, -0.1) is 0 Å². The minimum Gasteiger partial charge on any atom is -0.380 e. The standard InChI is InChI=1S/C22H25N3O2/c1-3-27-12-11-24-20-10-5-4-9-19(20)23-22(24)17-14-21(26)25(15-17)18-8-6-7-16(2)13-18/h4-10,13,17H,3,11-12,14-15H2,1-2H3/t17-/m1/s1. The molecule has 0 unspecified atom stereocenters. The number of benzene rings is 2. The van der Waals surface area contributed by atoms with E-state index in [0.717, 1.165) is 34.7 Å². The number of carbonyl (C=O) groups is 1. The summed E-state index contributed by atoms with van der Waals surface area (Å²) in [5.74, 6) is 1.24. The highest BCUT2D eigenvalue weighted by Gasteiger charge is 2.34. The van der Waals surface area contributed by atoms with Crippen LogP contribution in [0.3, 0.4) is 0 Å². The van der Waals surface area contributed by atoms with E-state index < -0.39 is 0 Å². The van der Waals surface area contributed by atoms with Crippen LogP contribution in [0.2, 0.25) is 0 Å². The number of rotatable bonds is 6. The first-order valence-electron chi connectivity index (χ1n) is 9.57. The zero-order valence-electron chi connectivity index (χ0n) is 15.9. The van der Waals surface area contributed by atoms with Crippen LogP contribution in [-0.4, -0.2) is 35.2 Å². The Kier molecular flexibility index (Phi) is 4.94. The second kappa shape index (κ2) is 7.53. The van der Waals surface area contributed by atoms with E-state index in [1.54, 1.807) is 0 Å². The number of anilines is 1. The van der Waals surface area contributed by atoms with Crippen molar-refractivity contribution in [3.05, 3.63) is 59.9 Å². The Bertz CT molecular complexity index is 963. The van der Waals surface area contributed by atoms with Crippen LogP contribution >= 0.6 is 0 Å². The summed E-state index contributed by atoms with van der Waals surface area (Å²) < 4.78 is 7.80. The molecule has 0 radical (unpaired) electrons. The molecule has 1 amide bonds. The summed E-state index contributed by atoms with van der Waals surface area (Å²) in [5.41, 5.74) is 4.21. The van der Waals surface area contributed by atoms with E-state index in [9.17, 15) is 4.79 Å². The van der Waals surface area contributed by atoms with E-state index in [1.165, 1.54) is 0 Å². The lowest BCUT2D eigenvalue weighted by molar-refractivity contribution is -0.117. The maximum Gasteiger partial charge on any atom is 0.227 e. The van der Waals surface area contributed by atoms with Crippen molar-refractivity contribution in [1.82, 2.24) is 9.55 Å². The fraction of sp³-hybridized carbons (Fsp3) is 0.364. The number of imidazole rings is 1. The van der Waals surface area contributed by atoms with Crippen molar-refractivity contribution in [3.8, 4) is 0 Å². The van der Waals surface area contributed by atoms with E-state index >= 15 is 0 Å². The third-order valence-corrected chi connectivity index (χ3v) is 5.15. The van der Waals surface area contributed by atoms with Crippen molar-refractivity contribution in [2.24, 2.45) is 0 Å². The molecule has 1 aliphatic heterocycles. The van der Waals surface area contributed by atoms with Crippen molar-refractivity contribution in [3.63, 3.8) is 0 Å². The molecule has 4 rings (SSSR count). The quantitative estimate of drug-likeness (QED) is 0.624. The molecule has 1 atom stereocenters. The van der Waals surface area contributed by atoms with Gasteiger partial charge in [0.1, 0.15) is 5.82 Å². The van der Waals surface area contributed by atoms with Crippen LogP contribution in [0.5, 0.6) is 0 Å². The van der Waals surface area contributed by atoms with Gasteiger partial charge in [0.15, 0.2) is 0 Å². The Morgan fingerprint density at radius 3 is 2.85 bits per heavy atom. The van der Waals surface area contributed by atoms with Crippen molar-refractivity contribution < 1.29 is 9.53 Å². The van der Waals surface area contributed by atoms with Crippen molar-refractivity contribution in [2.75, 3.05) is 24.7 Å². The third-order valence-electron chi connectivity index (χ3n) is 5.15. The van der Waals surface area contributed by atoms with Crippen LogP contribution in [0.25, 0.3) is 11.0 Å². The van der Waals surface area contributed by atoms with E-state index in [0.29, 0.717) is 26.2 Å². The molecule has 2 heterocycles. The van der Waals surface area contributed by atoms with Crippen LogP contribution < -0.4 is 4.90 Å². The normalized spacial score (nSPS) is 17.2. The first-order chi connectivity index (χ1) is 13.2. The van der Waals surface area contributed by atoms with Crippen LogP contribution in [0.15, 0.2) is 48.5 Å². The molecule has 1 fully saturated rings. The molecule has 0 bridgehead atoms. The molecular formula is C22H25N3O2. The number of aromatic nitrogens is 2. The first-order valence-corrected chi connectivity index (χ1v) is 9.57. The van der Waals surface area contributed by atoms with Gasteiger partial charge >= 0.3 is 0 Å². The summed E-state index contributed by atoms with van der Waals surface area (Å²) in [6, 6.07) is 16.3. The highest BCUT2D eigenvalue weighted by molar-refractivity contribution is 5.96. The Hall–Kier alpha value is -2.66. The predicted molar refractivity (Wildman–Crippen MR) is 107 cm³/mol. The second-order valence-corrected chi connectivity index (χ2v) is 7.05. The SMILES string of the molecule is CCOCCn1c([C@@H]2CC(=O)N(c3cccc(C)c3)C2)nc2ccccc21. The number of para-hydroxylation sites is 2. The average molecular weight is 363 g/mol. The largest absolute Gasteiger partial charge is 0.380 e. The van der Waals surface area contributed by atoms with E-state index in [1.807, 2.05) is 42.2 Å². The molecular weight excluding hydrogens is 338 g/mol. The van der Waals surface area contributed by atoms with Gasteiger partial charge in [-0.1, -0.05) is 24.3 Å². The number of carbonyl (C=O) groups excluding carboxylic acids is 1. The third kappa shape index (κ3) is 3.47. The van der Waals surface area contributed by atoms with Gasteiger partial charge in [0, 0.05) is 37.7 Å². The average Bonchev–Trinajstić information content (AvgIpc) is 3.23. The lowest BCUT2D eigenvalue weighted by Gasteiger charge is -2.18. The van der Waals surface area contributed by atoms with Crippen LogP contribution in [0, 0.1) is 6.92 Å². The lowest BCUT2D eigenvalue weighted by atomic mass is 10.1. The molecule has 140 valence electrons. The monoisotopic (exact) mass is 363 g/mol. The zero-order valence-corrected chi connectivity index (χ0v) is 15.9. The van der Waals surface area contributed by atoms with Gasteiger partial charge < -0.3 is 14.2 Å². The van der Waals surface area contributed by atoms with Gasteiger partial charge in [-0.25, -0.2) is 4.98 Å². The number of amides is 1. The van der Waals surface area contributed by atoms with Crippen LogP contribution in [-0.2, 0) is 16.1 Å². The molecule has 0 N–H and O–H groups in total. The van der Waals surface area contributed by atoms with Crippen molar-refractivity contribution in [1.29, 1.82) is 0 Å². The maximum atomic E-state index is 12.7. The molecule has 3 aromatic rings. The number of hydrogen-bond donors (Lipinski definition) is 0. The molecule has 5 nitrogen and oxygen atoms in total. The van der Waals surface area contributed by atoms with E-state index in [2.05, 4.69) is 29.7 Å². The second-order valence-electron chi connectivity index (χ2n) is 7.05. The number of hydrogen-bond acceptors (Lipinski definition) is 3. The molecule has 0 aliphatic carbocycles. The Labute approximate surface area is 159 Å². The number of ether oxygens (including phenoxy) is 1. The molecule has 0 saturated carbocycles. The highest BCUT2D eigenvalue weighted by atomic mass is 16.5. The number of fused-ring (bicyclic) bond motifs is 1. The Morgan fingerprint density at radius 1 is 1.19 bits per heavy atom. The fourth-order valence-corrected chi connectivity index (χ4v) is 3.87. The zero-order chi connectivity index (χ0) is 18.8. The minimum absolute atomic E-state index is 0.0899. The topological polar surface area (TPSA) is 47.4 Å². The van der Waals surface area contributed by atoms with Crippen molar-refractivity contribution in [2.45, 2.75) is 32.7 Å². The van der Waals surface area contributed by atoms with Gasteiger partial charge in [0.2, 0.25) is 5.91 Å². The summed E-state index contributed by atoms with van der Waals surface area (Å²) in [7, 11) is 0. The van der Waals surface area contributed by atoms with Gasteiger partial charge in [-0.05, 0) is 43.7 Å². The Balaban J connectivity index is 1.66. The number of aryl methyl sites for hydroxylation is 1.